The van der Waals surface area contributed by atoms with Gasteiger partial charge >= 0.3 is 0 Å². The molecular weight excluding hydrogens is 150 g/mol. The number of aryl methyl sites for hydroxylation is 1. The summed E-state index contributed by atoms with van der Waals surface area (Å²) in [6, 6.07) is 1.98. The lowest BCUT2D eigenvalue weighted by atomic mass is 10.1. The zero-order valence-electron chi connectivity index (χ0n) is 8.05. The highest BCUT2D eigenvalue weighted by atomic mass is 15.0. The summed E-state index contributed by atoms with van der Waals surface area (Å²) < 4.78 is 0. The molecule has 1 aromatic heterocycles. The number of nitrogens with one attached hydrogen (secondary N) is 1. The van der Waals surface area contributed by atoms with Crippen LogP contribution in [0.15, 0.2) is 6.07 Å². The van der Waals surface area contributed by atoms with Crippen molar-refractivity contribution in [2.24, 2.45) is 0 Å². The van der Waals surface area contributed by atoms with E-state index in [9.17, 15) is 0 Å². The molecule has 0 aliphatic rings. The molecule has 0 aliphatic carbocycles. The summed E-state index contributed by atoms with van der Waals surface area (Å²) in [5, 5.41) is 3.01. The number of anilines is 1. The van der Waals surface area contributed by atoms with E-state index in [0.29, 0.717) is 5.92 Å². The third-order valence-electron chi connectivity index (χ3n) is 1.71. The van der Waals surface area contributed by atoms with Crippen LogP contribution in [0.4, 0.5) is 5.82 Å². The average molecular weight is 165 g/mol. The maximum Gasteiger partial charge on any atom is 0.129 e. The van der Waals surface area contributed by atoms with Crippen molar-refractivity contribution in [2.45, 2.75) is 26.7 Å². The van der Waals surface area contributed by atoms with Gasteiger partial charge in [0.25, 0.3) is 0 Å². The summed E-state index contributed by atoms with van der Waals surface area (Å²) in [5.74, 6) is 2.18. The van der Waals surface area contributed by atoms with Crippen molar-refractivity contribution < 1.29 is 0 Å². The molecule has 0 aliphatic heterocycles. The van der Waals surface area contributed by atoms with Gasteiger partial charge in [-0.3, -0.25) is 0 Å². The first-order valence-corrected chi connectivity index (χ1v) is 4.17. The van der Waals surface area contributed by atoms with Gasteiger partial charge in [-0.1, -0.05) is 13.8 Å². The Labute approximate surface area is 73.2 Å². The lowest BCUT2D eigenvalue weighted by Crippen LogP contribution is -2.01. The van der Waals surface area contributed by atoms with Gasteiger partial charge in [-0.2, -0.15) is 0 Å². The van der Waals surface area contributed by atoms with Crippen LogP contribution in [0, 0.1) is 6.92 Å². The van der Waals surface area contributed by atoms with Gasteiger partial charge in [-0.25, -0.2) is 9.97 Å². The Morgan fingerprint density at radius 1 is 1.33 bits per heavy atom. The Bertz CT molecular complexity index is 268. The lowest BCUT2D eigenvalue weighted by Gasteiger charge is -2.07. The van der Waals surface area contributed by atoms with Crippen molar-refractivity contribution in [3.05, 3.63) is 17.6 Å². The molecule has 0 radical (unpaired) electrons. The molecule has 0 saturated heterocycles. The van der Waals surface area contributed by atoms with Crippen LogP contribution in [0.2, 0.25) is 0 Å². The summed E-state index contributed by atoms with van der Waals surface area (Å²) >= 11 is 0. The highest BCUT2D eigenvalue weighted by Gasteiger charge is 2.03. The minimum absolute atomic E-state index is 0.457. The fourth-order valence-electron chi connectivity index (χ4n) is 1.01. The van der Waals surface area contributed by atoms with E-state index in [0.717, 1.165) is 17.3 Å². The molecule has 1 aromatic rings. The Hall–Kier alpha value is -1.12. The Balaban J connectivity index is 3.06. The largest absolute Gasteiger partial charge is 0.373 e. The molecule has 0 fully saturated rings. The molecule has 3 heteroatoms. The van der Waals surface area contributed by atoms with Crippen LogP contribution in [0.1, 0.15) is 31.3 Å². The Kier molecular flexibility index (Phi) is 2.63. The van der Waals surface area contributed by atoms with Crippen molar-refractivity contribution in [1.82, 2.24) is 9.97 Å². The van der Waals surface area contributed by atoms with Gasteiger partial charge in [-0.15, -0.1) is 0 Å². The highest BCUT2D eigenvalue weighted by Crippen LogP contribution is 2.14. The van der Waals surface area contributed by atoms with E-state index in [4.69, 9.17) is 0 Å². The zero-order chi connectivity index (χ0) is 9.14. The summed E-state index contributed by atoms with van der Waals surface area (Å²) in [7, 11) is 1.87. The first-order valence-electron chi connectivity index (χ1n) is 4.17. The molecule has 0 saturated carbocycles. The van der Waals surface area contributed by atoms with Crippen molar-refractivity contribution in [2.75, 3.05) is 12.4 Å². The molecule has 0 unspecified atom stereocenters. The first kappa shape index (κ1) is 8.97. The minimum atomic E-state index is 0.457. The molecule has 0 amide bonds. The van der Waals surface area contributed by atoms with E-state index in [2.05, 4.69) is 29.1 Å². The summed E-state index contributed by atoms with van der Waals surface area (Å²) in [6.45, 7) is 6.16. The van der Waals surface area contributed by atoms with Crippen LogP contribution in [0.25, 0.3) is 0 Å². The van der Waals surface area contributed by atoms with Gasteiger partial charge in [0, 0.05) is 18.8 Å². The van der Waals surface area contributed by atoms with Crippen LogP contribution >= 0.6 is 0 Å². The number of rotatable bonds is 2. The minimum Gasteiger partial charge on any atom is -0.373 e. The third kappa shape index (κ3) is 1.94. The van der Waals surface area contributed by atoms with E-state index >= 15 is 0 Å². The van der Waals surface area contributed by atoms with E-state index < -0.39 is 0 Å². The zero-order valence-corrected chi connectivity index (χ0v) is 8.05. The smallest absolute Gasteiger partial charge is 0.129 e. The van der Waals surface area contributed by atoms with Crippen molar-refractivity contribution >= 4 is 5.82 Å². The van der Waals surface area contributed by atoms with E-state index in [1.54, 1.807) is 0 Å². The molecule has 12 heavy (non-hydrogen) atoms. The van der Waals surface area contributed by atoms with Gasteiger partial charge in [0.15, 0.2) is 0 Å². The molecular formula is C9H15N3. The monoisotopic (exact) mass is 165 g/mol. The number of nitrogens with zero attached hydrogens (tertiary/aromatic N) is 2. The van der Waals surface area contributed by atoms with E-state index in [1.807, 2.05) is 20.0 Å². The predicted octanol–water partition coefficient (Wildman–Crippen LogP) is 1.95. The number of hydrogen-bond acceptors (Lipinski definition) is 3. The molecule has 0 spiro atoms. The second kappa shape index (κ2) is 3.52. The number of aromatic nitrogens is 2. The van der Waals surface area contributed by atoms with E-state index in [-0.39, 0.29) is 0 Å². The standard InChI is InChI=1S/C9H15N3/c1-6(2)8-5-9(10-4)12-7(3)11-8/h5-6H,1-4H3,(H,10,11,12). The first-order chi connectivity index (χ1) is 5.63. The van der Waals surface area contributed by atoms with Crippen molar-refractivity contribution in [3.63, 3.8) is 0 Å². The fourth-order valence-corrected chi connectivity index (χ4v) is 1.01. The van der Waals surface area contributed by atoms with Crippen LogP contribution in [0.3, 0.4) is 0 Å². The number of hydrogen-bond donors (Lipinski definition) is 1. The Morgan fingerprint density at radius 2 is 2.00 bits per heavy atom. The predicted molar refractivity (Wildman–Crippen MR) is 50.4 cm³/mol. The highest BCUT2D eigenvalue weighted by molar-refractivity contribution is 5.35. The Morgan fingerprint density at radius 3 is 2.50 bits per heavy atom. The van der Waals surface area contributed by atoms with Crippen LogP contribution in [-0.2, 0) is 0 Å². The molecule has 1 rings (SSSR count). The third-order valence-corrected chi connectivity index (χ3v) is 1.71. The van der Waals surface area contributed by atoms with E-state index in [1.165, 1.54) is 0 Å². The quantitative estimate of drug-likeness (QED) is 0.727. The second-order valence-electron chi connectivity index (χ2n) is 3.13. The summed E-state index contributed by atoms with van der Waals surface area (Å²) in [4.78, 5) is 8.54. The van der Waals surface area contributed by atoms with Gasteiger partial charge in [0.2, 0.25) is 0 Å². The molecule has 3 nitrogen and oxygen atoms in total. The van der Waals surface area contributed by atoms with Gasteiger partial charge in [-0.05, 0) is 12.8 Å². The summed E-state index contributed by atoms with van der Waals surface area (Å²) in [5.41, 5.74) is 1.09. The summed E-state index contributed by atoms with van der Waals surface area (Å²) in [6.07, 6.45) is 0. The average Bonchev–Trinajstić information content (AvgIpc) is 2.03. The van der Waals surface area contributed by atoms with Gasteiger partial charge in [0.1, 0.15) is 11.6 Å². The molecule has 1 heterocycles. The lowest BCUT2D eigenvalue weighted by molar-refractivity contribution is 0.803. The molecule has 66 valence electrons. The second-order valence-corrected chi connectivity index (χ2v) is 3.13. The maximum absolute atomic E-state index is 4.33. The molecule has 0 atom stereocenters. The molecule has 0 bridgehead atoms. The van der Waals surface area contributed by atoms with Crippen molar-refractivity contribution in [1.29, 1.82) is 0 Å². The van der Waals surface area contributed by atoms with Crippen molar-refractivity contribution in [3.8, 4) is 0 Å². The van der Waals surface area contributed by atoms with Crippen LogP contribution in [-0.4, -0.2) is 17.0 Å². The maximum atomic E-state index is 4.33. The normalized spacial score (nSPS) is 10.4. The van der Waals surface area contributed by atoms with Gasteiger partial charge < -0.3 is 5.32 Å². The van der Waals surface area contributed by atoms with Crippen LogP contribution < -0.4 is 5.32 Å². The van der Waals surface area contributed by atoms with Crippen LogP contribution in [0.5, 0.6) is 0 Å². The molecule has 0 aromatic carbocycles. The molecule has 1 N–H and O–H groups in total. The topological polar surface area (TPSA) is 37.8 Å². The fraction of sp³-hybridized carbons (Fsp3) is 0.556. The van der Waals surface area contributed by atoms with Gasteiger partial charge in [0.05, 0.1) is 0 Å². The SMILES string of the molecule is CNc1cc(C(C)C)nc(C)n1.